The number of halogens is 1. The quantitative estimate of drug-likeness (QED) is 0.779. The Morgan fingerprint density at radius 1 is 1.23 bits per heavy atom. The Bertz CT molecular complexity index is 784. The summed E-state index contributed by atoms with van der Waals surface area (Å²) in [7, 11) is 1.91. The van der Waals surface area contributed by atoms with Crippen molar-refractivity contribution in [1.29, 1.82) is 0 Å². The number of aromatic nitrogens is 2. The van der Waals surface area contributed by atoms with Gasteiger partial charge in [0.25, 0.3) is 0 Å². The van der Waals surface area contributed by atoms with Crippen LogP contribution in [0.5, 0.6) is 0 Å². The van der Waals surface area contributed by atoms with E-state index in [9.17, 15) is 9.59 Å². The molecule has 0 spiro atoms. The van der Waals surface area contributed by atoms with E-state index in [0.29, 0.717) is 11.6 Å². The predicted octanol–water partition coefficient (Wildman–Crippen LogP) is 2.62. The second kappa shape index (κ2) is 8.85. The van der Waals surface area contributed by atoms with E-state index in [0.717, 1.165) is 28.9 Å². The molecule has 1 unspecified atom stereocenters. The first-order chi connectivity index (χ1) is 12.3. The first-order valence-electron chi connectivity index (χ1n) is 8.56. The van der Waals surface area contributed by atoms with Crippen molar-refractivity contribution in [3.8, 4) is 0 Å². The molecule has 1 aromatic heterocycles. The van der Waals surface area contributed by atoms with Gasteiger partial charge < -0.3 is 10.6 Å². The van der Waals surface area contributed by atoms with Gasteiger partial charge in [-0.2, -0.15) is 5.10 Å². The molecule has 0 radical (unpaired) electrons. The molecule has 2 rings (SSSR count). The number of carbonyl (C=O) groups is 2. The van der Waals surface area contributed by atoms with Gasteiger partial charge in [0.1, 0.15) is 0 Å². The number of benzene rings is 1. The van der Waals surface area contributed by atoms with Crippen LogP contribution in [0.15, 0.2) is 24.3 Å². The van der Waals surface area contributed by atoms with Crippen LogP contribution in [0.1, 0.15) is 41.9 Å². The molecular weight excluding hydrogens is 352 g/mol. The number of carbonyl (C=O) groups excluding carboxylic acids is 2. The highest BCUT2D eigenvalue weighted by Gasteiger charge is 2.17. The zero-order valence-corrected chi connectivity index (χ0v) is 16.4. The fraction of sp³-hybridized carbons (Fsp3) is 0.421. The number of nitrogens with one attached hydrogen (secondary N) is 2. The first kappa shape index (κ1) is 20.0. The molecule has 1 aromatic carbocycles. The molecule has 0 saturated heterocycles. The molecule has 2 aromatic rings. The predicted molar refractivity (Wildman–Crippen MR) is 102 cm³/mol. The lowest BCUT2D eigenvalue weighted by Gasteiger charge is -2.18. The lowest BCUT2D eigenvalue weighted by Crippen LogP contribution is -2.33. The van der Waals surface area contributed by atoms with Crippen molar-refractivity contribution >= 4 is 23.4 Å². The van der Waals surface area contributed by atoms with Crippen molar-refractivity contribution in [1.82, 2.24) is 20.4 Å². The maximum atomic E-state index is 12.3. The Kier molecular flexibility index (Phi) is 6.80. The molecule has 0 bridgehead atoms. The number of aryl methyl sites for hydroxylation is 2. The van der Waals surface area contributed by atoms with E-state index >= 15 is 0 Å². The van der Waals surface area contributed by atoms with Gasteiger partial charge in [0.2, 0.25) is 11.8 Å². The van der Waals surface area contributed by atoms with Gasteiger partial charge in [-0.05, 0) is 43.5 Å². The summed E-state index contributed by atoms with van der Waals surface area (Å²) in [6, 6.07) is 6.75. The monoisotopic (exact) mass is 376 g/mol. The van der Waals surface area contributed by atoms with Gasteiger partial charge in [-0.3, -0.25) is 14.3 Å². The summed E-state index contributed by atoms with van der Waals surface area (Å²) in [5, 5.41) is 10.7. The van der Waals surface area contributed by atoms with Gasteiger partial charge in [0.05, 0.1) is 18.2 Å². The van der Waals surface area contributed by atoms with E-state index in [4.69, 9.17) is 11.6 Å². The Labute approximate surface area is 158 Å². The van der Waals surface area contributed by atoms with E-state index in [1.165, 1.54) is 6.92 Å². The SMILES string of the molecule is CC(=O)NC(CC(=O)NCCc1c(C)nn(C)c1C)c1ccc(Cl)cc1. The number of hydrogen-bond donors (Lipinski definition) is 2. The highest BCUT2D eigenvalue weighted by Crippen LogP contribution is 2.19. The van der Waals surface area contributed by atoms with E-state index < -0.39 is 0 Å². The molecule has 1 atom stereocenters. The van der Waals surface area contributed by atoms with Crippen LogP contribution in [-0.2, 0) is 23.1 Å². The fourth-order valence-electron chi connectivity index (χ4n) is 2.96. The highest BCUT2D eigenvalue weighted by molar-refractivity contribution is 6.30. The molecule has 0 aliphatic carbocycles. The molecule has 6 nitrogen and oxygen atoms in total. The Hall–Kier alpha value is -2.34. The normalized spacial score (nSPS) is 11.9. The van der Waals surface area contributed by atoms with Gasteiger partial charge in [-0.15, -0.1) is 0 Å². The third-order valence-electron chi connectivity index (χ3n) is 4.40. The van der Waals surface area contributed by atoms with Crippen LogP contribution in [0.25, 0.3) is 0 Å². The summed E-state index contributed by atoms with van der Waals surface area (Å²) in [6.07, 6.45) is 0.898. The van der Waals surface area contributed by atoms with Crippen LogP contribution in [0, 0.1) is 13.8 Å². The summed E-state index contributed by atoms with van der Waals surface area (Å²) < 4.78 is 1.85. The van der Waals surface area contributed by atoms with Gasteiger partial charge >= 0.3 is 0 Å². The van der Waals surface area contributed by atoms with E-state index in [-0.39, 0.29) is 24.3 Å². The van der Waals surface area contributed by atoms with Gasteiger partial charge in [0.15, 0.2) is 0 Å². The van der Waals surface area contributed by atoms with E-state index in [1.54, 1.807) is 12.1 Å². The number of nitrogens with zero attached hydrogens (tertiary/aromatic N) is 2. The number of hydrogen-bond acceptors (Lipinski definition) is 3. The number of rotatable bonds is 7. The van der Waals surface area contributed by atoms with Crippen LogP contribution in [0.2, 0.25) is 5.02 Å². The summed E-state index contributed by atoms with van der Waals surface area (Å²) >= 11 is 5.91. The molecule has 140 valence electrons. The summed E-state index contributed by atoms with van der Waals surface area (Å²) in [5.41, 5.74) is 4.09. The zero-order chi connectivity index (χ0) is 19.3. The smallest absolute Gasteiger partial charge is 0.222 e. The highest BCUT2D eigenvalue weighted by atomic mass is 35.5. The van der Waals surface area contributed by atoms with Crippen molar-refractivity contribution in [2.24, 2.45) is 7.05 Å². The topological polar surface area (TPSA) is 76.0 Å². The largest absolute Gasteiger partial charge is 0.356 e. The minimum absolute atomic E-state index is 0.113. The maximum absolute atomic E-state index is 12.3. The second-order valence-electron chi connectivity index (χ2n) is 6.38. The van der Waals surface area contributed by atoms with Crippen molar-refractivity contribution < 1.29 is 9.59 Å². The lowest BCUT2D eigenvalue weighted by atomic mass is 10.0. The fourth-order valence-corrected chi connectivity index (χ4v) is 3.08. The minimum atomic E-state index is -0.383. The van der Waals surface area contributed by atoms with Crippen LogP contribution in [-0.4, -0.2) is 28.1 Å². The van der Waals surface area contributed by atoms with Crippen molar-refractivity contribution in [2.75, 3.05) is 6.54 Å². The standard InChI is InChI=1S/C19H25ClN4O2/c1-12-17(13(2)24(4)23-12)9-10-21-19(26)11-18(22-14(3)25)15-5-7-16(20)8-6-15/h5-8,18H,9-11H2,1-4H3,(H,21,26)(H,22,25). The summed E-state index contributed by atoms with van der Waals surface area (Å²) in [5.74, 6) is -0.294. The van der Waals surface area contributed by atoms with Gasteiger partial charge in [0, 0.05) is 31.2 Å². The van der Waals surface area contributed by atoms with Crippen molar-refractivity contribution in [3.05, 3.63) is 51.8 Å². The molecule has 7 heteroatoms. The van der Waals surface area contributed by atoms with Crippen molar-refractivity contribution in [2.45, 2.75) is 39.7 Å². The van der Waals surface area contributed by atoms with Crippen LogP contribution in [0.4, 0.5) is 0 Å². The first-order valence-corrected chi connectivity index (χ1v) is 8.94. The van der Waals surface area contributed by atoms with Crippen LogP contribution >= 0.6 is 11.6 Å². The Balaban J connectivity index is 1.94. The molecular formula is C19H25ClN4O2. The van der Waals surface area contributed by atoms with Crippen LogP contribution in [0.3, 0.4) is 0 Å². The molecule has 2 amide bonds. The lowest BCUT2D eigenvalue weighted by molar-refractivity contribution is -0.122. The molecule has 0 aliphatic rings. The molecule has 26 heavy (non-hydrogen) atoms. The molecule has 0 fully saturated rings. The average molecular weight is 377 g/mol. The maximum Gasteiger partial charge on any atom is 0.222 e. The third-order valence-corrected chi connectivity index (χ3v) is 4.65. The number of amides is 2. The molecule has 0 aliphatic heterocycles. The summed E-state index contributed by atoms with van der Waals surface area (Å²) in [6.45, 7) is 5.95. The van der Waals surface area contributed by atoms with Gasteiger partial charge in [-0.25, -0.2) is 0 Å². The third kappa shape index (κ3) is 5.33. The van der Waals surface area contributed by atoms with Crippen LogP contribution < -0.4 is 10.6 Å². The molecule has 1 heterocycles. The second-order valence-corrected chi connectivity index (χ2v) is 6.82. The zero-order valence-electron chi connectivity index (χ0n) is 15.6. The average Bonchev–Trinajstić information content (AvgIpc) is 2.80. The Morgan fingerprint density at radius 3 is 2.42 bits per heavy atom. The minimum Gasteiger partial charge on any atom is -0.356 e. The van der Waals surface area contributed by atoms with Gasteiger partial charge in [-0.1, -0.05) is 23.7 Å². The van der Waals surface area contributed by atoms with E-state index in [1.807, 2.05) is 37.7 Å². The molecule has 0 saturated carbocycles. The Morgan fingerprint density at radius 2 is 1.88 bits per heavy atom. The van der Waals surface area contributed by atoms with E-state index in [2.05, 4.69) is 15.7 Å². The molecule has 2 N–H and O–H groups in total. The van der Waals surface area contributed by atoms with Crippen molar-refractivity contribution in [3.63, 3.8) is 0 Å². The summed E-state index contributed by atoms with van der Waals surface area (Å²) in [4.78, 5) is 23.8.